The normalized spacial score (nSPS) is 17.5. The third kappa shape index (κ3) is 3.08. The van der Waals surface area contributed by atoms with E-state index in [4.69, 9.17) is 4.74 Å². The van der Waals surface area contributed by atoms with Crippen LogP contribution in [0.15, 0.2) is 6.33 Å². The minimum absolute atomic E-state index is 0.329. The molecule has 1 aliphatic rings. The lowest BCUT2D eigenvalue weighted by Gasteiger charge is -2.18. The van der Waals surface area contributed by atoms with Gasteiger partial charge in [-0.2, -0.15) is 0 Å². The topological polar surface area (TPSA) is 47.0 Å². The molecule has 1 aromatic rings. The Kier molecular flexibility index (Phi) is 4.18. The average molecular weight is 235 g/mol. The van der Waals surface area contributed by atoms with Crippen LogP contribution >= 0.6 is 0 Å². The van der Waals surface area contributed by atoms with Crippen LogP contribution in [0.5, 0.6) is 5.88 Å². The Labute approximate surface area is 103 Å². The van der Waals surface area contributed by atoms with Crippen molar-refractivity contribution in [2.24, 2.45) is 0 Å². The van der Waals surface area contributed by atoms with Gasteiger partial charge in [0.25, 0.3) is 0 Å². The van der Waals surface area contributed by atoms with Crippen LogP contribution in [0.25, 0.3) is 0 Å². The Morgan fingerprint density at radius 1 is 1.18 bits per heavy atom. The maximum absolute atomic E-state index is 6.02. The number of aromatic nitrogens is 2. The van der Waals surface area contributed by atoms with E-state index >= 15 is 0 Å². The zero-order chi connectivity index (χ0) is 12.1. The van der Waals surface area contributed by atoms with Crippen LogP contribution in [0.3, 0.4) is 0 Å². The Balaban J connectivity index is 2.06. The second kappa shape index (κ2) is 5.84. The van der Waals surface area contributed by atoms with E-state index in [2.05, 4.69) is 15.3 Å². The highest BCUT2D eigenvalue weighted by atomic mass is 16.5. The molecular weight excluding hydrogens is 214 g/mol. The lowest BCUT2D eigenvalue weighted by Crippen LogP contribution is -2.17. The number of hydrogen-bond donors (Lipinski definition) is 1. The molecule has 1 saturated carbocycles. The highest BCUT2D eigenvalue weighted by Gasteiger charge is 2.16. The summed E-state index contributed by atoms with van der Waals surface area (Å²) in [6, 6.07) is 0. The van der Waals surface area contributed by atoms with E-state index < -0.39 is 0 Å². The molecule has 0 aromatic carbocycles. The van der Waals surface area contributed by atoms with Gasteiger partial charge in [-0.25, -0.2) is 9.97 Å². The van der Waals surface area contributed by atoms with Gasteiger partial charge in [-0.3, -0.25) is 0 Å². The molecule has 17 heavy (non-hydrogen) atoms. The van der Waals surface area contributed by atoms with Gasteiger partial charge in [-0.05, 0) is 32.6 Å². The molecule has 0 atom stereocenters. The maximum Gasteiger partial charge on any atom is 0.221 e. The summed E-state index contributed by atoms with van der Waals surface area (Å²) in [5.41, 5.74) is 0.999. The smallest absolute Gasteiger partial charge is 0.221 e. The number of anilines is 1. The number of nitrogens with one attached hydrogen (secondary N) is 1. The van der Waals surface area contributed by atoms with E-state index in [9.17, 15) is 0 Å². The van der Waals surface area contributed by atoms with Crippen molar-refractivity contribution in [3.05, 3.63) is 11.9 Å². The molecule has 0 unspecified atom stereocenters. The van der Waals surface area contributed by atoms with Gasteiger partial charge in [0.15, 0.2) is 0 Å². The van der Waals surface area contributed by atoms with Crippen LogP contribution in [0.4, 0.5) is 5.82 Å². The first-order valence-corrected chi connectivity index (χ1v) is 6.47. The fourth-order valence-corrected chi connectivity index (χ4v) is 2.32. The zero-order valence-electron chi connectivity index (χ0n) is 10.7. The summed E-state index contributed by atoms with van der Waals surface area (Å²) in [5, 5.41) is 3.05. The molecule has 2 rings (SSSR count). The molecule has 4 nitrogen and oxygen atoms in total. The highest BCUT2D eigenvalue weighted by molar-refractivity contribution is 5.46. The van der Waals surface area contributed by atoms with E-state index in [0.29, 0.717) is 6.10 Å². The second-order valence-electron chi connectivity index (χ2n) is 4.63. The number of nitrogens with zero attached hydrogens (tertiary/aromatic N) is 2. The number of ether oxygens (including phenoxy) is 1. The molecular formula is C13H21N3O. The van der Waals surface area contributed by atoms with Gasteiger partial charge < -0.3 is 10.1 Å². The van der Waals surface area contributed by atoms with Gasteiger partial charge in [0.1, 0.15) is 18.2 Å². The van der Waals surface area contributed by atoms with Gasteiger partial charge in [0, 0.05) is 7.05 Å². The van der Waals surface area contributed by atoms with E-state index in [1.54, 1.807) is 6.33 Å². The first kappa shape index (κ1) is 12.1. The van der Waals surface area contributed by atoms with Crippen LogP contribution in [-0.4, -0.2) is 23.1 Å². The van der Waals surface area contributed by atoms with Crippen molar-refractivity contribution in [1.82, 2.24) is 9.97 Å². The molecule has 1 N–H and O–H groups in total. The molecule has 0 bridgehead atoms. The molecule has 0 saturated heterocycles. The first-order chi connectivity index (χ1) is 8.31. The highest BCUT2D eigenvalue weighted by Crippen LogP contribution is 2.25. The van der Waals surface area contributed by atoms with Crippen LogP contribution in [0.2, 0.25) is 0 Å². The van der Waals surface area contributed by atoms with E-state index in [1.807, 2.05) is 14.0 Å². The van der Waals surface area contributed by atoms with E-state index in [-0.39, 0.29) is 0 Å². The molecule has 0 radical (unpaired) electrons. The molecule has 0 aliphatic heterocycles. The lowest BCUT2D eigenvalue weighted by atomic mass is 10.1. The van der Waals surface area contributed by atoms with Crippen molar-refractivity contribution < 1.29 is 4.74 Å². The zero-order valence-corrected chi connectivity index (χ0v) is 10.7. The van der Waals surface area contributed by atoms with Crippen molar-refractivity contribution in [3.8, 4) is 5.88 Å². The van der Waals surface area contributed by atoms with Crippen LogP contribution in [-0.2, 0) is 0 Å². The molecule has 0 amide bonds. The first-order valence-electron chi connectivity index (χ1n) is 6.47. The van der Waals surface area contributed by atoms with Crippen molar-refractivity contribution in [3.63, 3.8) is 0 Å². The Morgan fingerprint density at radius 3 is 2.53 bits per heavy atom. The average Bonchev–Trinajstić information content (AvgIpc) is 2.60. The third-order valence-electron chi connectivity index (χ3n) is 3.36. The molecule has 1 heterocycles. The van der Waals surface area contributed by atoms with E-state index in [0.717, 1.165) is 30.1 Å². The monoisotopic (exact) mass is 235 g/mol. The fraction of sp³-hybridized carbons (Fsp3) is 0.692. The predicted octanol–water partition coefficient (Wildman–Crippen LogP) is 2.93. The molecule has 4 heteroatoms. The predicted molar refractivity (Wildman–Crippen MR) is 68.4 cm³/mol. The minimum Gasteiger partial charge on any atom is -0.474 e. The van der Waals surface area contributed by atoms with Gasteiger partial charge >= 0.3 is 0 Å². The van der Waals surface area contributed by atoms with Crippen LogP contribution < -0.4 is 10.1 Å². The number of hydrogen-bond acceptors (Lipinski definition) is 4. The third-order valence-corrected chi connectivity index (χ3v) is 3.36. The Bertz CT molecular complexity index is 360. The summed E-state index contributed by atoms with van der Waals surface area (Å²) in [4.78, 5) is 8.41. The number of rotatable bonds is 3. The Hall–Kier alpha value is -1.32. The quantitative estimate of drug-likeness (QED) is 0.818. The summed E-state index contributed by atoms with van der Waals surface area (Å²) >= 11 is 0. The lowest BCUT2D eigenvalue weighted by molar-refractivity contribution is 0.174. The largest absolute Gasteiger partial charge is 0.474 e. The van der Waals surface area contributed by atoms with E-state index in [1.165, 1.54) is 25.7 Å². The van der Waals surface area contributed by atoms with Gasteiger partial charge in [-0.1, -0.05) is 12.8 Å². The summed E-state index contributed by atoms with van der Waals surface area (Å²) in [5.74, 6) is 1.58. The van der Waals surface area contributed by atoms with Gasteiger partial charge in [0.2, 0.25) is 5.88 Å². The summed E-state index contributed by atoms with van der Waals surface area (Å²) < 4.78 is 6.02. The molecule has 0 spiro atoms. The minimum atomic E-state index is 0.329. The van der Waals surface area contributed by atoms with Gasteiger partial charge in [0.05, 0.1) is 5.56 Å². The summed E-state index contributed by atoms with van der Waals surface area (Å²) in [7, 11) is 1.87. The molecule has 1 fully saturated rings. The SMILES string of the molecule is CNc1ncnc(OC2CCCCCC2)c1C. The molecule has 94 valence electrons. The standard InChI is InChI=1S/C13H21N3O/c1-10-12(14-2)15-9-16-13(10)17-11-7-5-3-4-6-8-11/h9,11H,3-8H2,1-2H3,(H,14,15,16). The van der Waals surface area contributed by atoms with Crippen molar-refractivity contribution in [2.75, 3.05) is 12.4 Å². The van der Waals surface area contributed by atoms with Crippen LogP contribution in [0, 0.1) is 6.92 Å². The molecule has 1 aliphatic carbocycles. The molecule has 1 aromatic heterocycles. The maximum atomic E-state index is 6.02. The summed E-state index contributed by atoms with van der Waals surface area (Å²) in [6.07, 6.45) is 9.41. The fourth-order valence-electron chi connectivity index (χ4n) is 2.32. The van der Waals surface area contributed by atoms with Crippen molar-refractivity contribution in [1.29, 1.82) is 0 Å². The Morgan fingerprint density at radius 2 is 1.88 bits per heavy atom. The summed E-state index contributed by atoms with van der Waals surface area (Å²) in [6.45, 7) is 2.00. The second-order valence-corrected chi connectivity index (χ2v) is 4.63. The van der Waals surface area contributed by atoms with Gasteiger partial charge in [-0.15, -0.1) is 0 Å². The van der Waals surface area contributed by atoms with Crippen molar-refractivity contribution in [2.45, 2.75) is 51.6 Å². The van der Waals surface area contributed by atoms with Crippen LogP contribution in [0.1, 0.15) is 44.1 Å². The van der Waals surface area contributed by atoms with Crippen molar-refractivity contribution >= 4 is 5.82 Å².